The predicted molar refractivity (Wildman–Crippen MR) is 272 cm³/mol. The van der Waals surface area contributed by atoms with Gasteiger partial charge in [0.1, 0.15) is 39.6 Å². The molecule has 0 bridgehead atoms. The first kappa shape index (κ1) is 71.7. The van der Waals surface area contributed by atoms with Crippen molar-refractivity contribution in [3.63, 3.8) is 0 Å². The van der Waals surface area contributed by atoms with Crippen molar-refractivity contribution in [3.05, 3.63) is 75.9 Å². The molecule has 0 aliphatic rings. The van der Waals surface area contributed by atoms with Gasteiger partial charge in [-0.05, 0) is 0 Å². The maximum Gasteiger partial charge on any atom is 0.330 e. The first-order chi connectivity index (χ1) is 37.4. The highest BCUT2D eigenvalue weighted by Gasteiger charge is 2.37. The Labute approximate surface area is 451 Å². The molecule has 0 aromatic rings. The average Bonchev–Trinajstić information content (AvgIpc) is 3.44. The monoisotopic (exact) mass is 1110 g/mol. The first-order valence-electron chi connectivity index (χ1n) is 24.7. The van der Waals surface area contributed by atoms with Crippen LogP contribution >= 0.6 is 0 Å². The largest absolute Gasteiger partial charge is 0.460 e. The summed E-state index contributed by atoms with van der Waals surface area (Å²) in [5.41, 5.74) is -2.02. The summed E-state index contributed by atoms with van der Waals surface area (Å²) in [4.78, 5) is 68.6. The second-order valence-electron chi connectivity index (χ2n) is 15.7. The molecule has 77 heavy (non-hydrogen) atoms. The minimum absolute atomic E-state index is 0.0153. The van der Waals surface area contributed by atoms with E-state index in [0.29, 0.717) is 0 Å². The Morgan fingerprint density at radius 1 is 0.208 bits per heavy atom. The van der Waals surface area contributed by atoms with Crippen LogP contribution in [-0.4, -0.2) is 247 Å². The van der Waals surface area contributed by atoms with Crippen molar-refractivity contribution in [2.45, 2.75) is 0 Å². The van der Waals surface area contributed by atoms with Gasteiger partial charge in [-0.15, -0.1) is 0 Å². The summed E-state index contributed by atoms with van der Waals surface area (Å²) in [6, 6.07) is 0. The molecule has 0 rings (SSSR count). The molecule has 25 heteroatoms. The van der Waals surface area contributed by atoms with Crippen LogP contribution in [0.5, 0.6) is 0 Å². The summed E-state index contributed by atoms with van der Waals surface area (Å²) in [7, 11) is 0. The number of carbonyl (C=O) groups is 6. The molecule has 25 nitrogen and oxygen atoms in total. The Balaban J connectivity index is 6.56. The number of hydrogen-bond acceptors (Lipinski definition) is 25. The molecule has 440 valence electrons. The fourth-order valence-electron chi connectivity index (χ4n) is 5.60. The molecule has 0 aliphatic carbocycles. The lowest BCUT2D eigenvalue weighted by Gasteiger charge is -2.37. The third-order valence-electron chi connectivity index (χ3n) is 9.33. The van der Waals surface area contributed by atoms with E-state index in [-0.39, 0.29) is 211 Å². The van der Waals surface area contributed by atoms with Crippen LogP contribution in [0.2, 0.25) is 0 Å². The van der Waals surface area contributed by atoms with E-state index in [1.165, 1.54) is 0 Å². The SMILES string of the molecule is C=CC(=O)OCCOCCOCC(COCCOCCOC(=O)C=C)(COCCOCCOC(=O)C=C)COCC(COCCOCCOC(=O)C=C)(COCCOCCOC(=O)C=C)COCCOCCOC(=O)C=C. The maximum absolute atomic E-state index is 11.4. The second kappa shape index (κ2) is 51.5. The zero-order valence-electron chi connectivity index (χ0n) is 44.5. The molecule has 0 unspecified atom stereocenters. The van der Waals surface area contributed by atoms with E-state index in [0.717, 1.165) is 36.5 Å². The number of ether oxygens (including phenoxy) is 19. The Morgan fingerprint density at radius 2 is 0.338 bits per heavy atom. The van der Waals surface area contributed by atoms with Crippen LogP contribution in [0, 0.1) is 10.8 Å². The van der Waals surface area contributed by atoms with Crippen LogP contribution in [0.15, 0.2) is 75.9 Å². The number of esters is 6. The van der Waals surface area contributed by atoms with E-state index in [9.17, 15) is 28.8 Å². The van der Waals surface area contributed by atoms with Gasteiger partial charge in [0, 0.05) is 36.5 Å². The Bertz CT molecular complexity index is 1350. The van der Waals surface area contributed by atoms with Gasteiger partial charge in [-0.3, -0.25) is 0 Å². The standard InChI is InChI=1S/C52H82O25/c1-7-45(53)72-31-25-59-13-19-65-37-51(38-66-20-14-60-26-32-73-46(54)8-2,39-67-21-15-61-27-33-74-47(55)9-3)43-71-44-52(40-68-22-16-62-28-34-75-48(56)10-4,41-69-23-17-63-29-35-76-49(57)11-5)42-70-24-18-64-30-36-77-50(58)12-6/h7-12H,1-6,13-44H2. The van der Waals surface area contributed by atoms with Gasteiger partial charge >= 0.3 is 35.8 Å². The van der Waals surface area contributed by atoms with Crippen molar-refractivity contribution >= 4 is 35.8 Å². The number of hydrogen-bond donors (Lipinski definition) is 0. The van der Waals surface area contributed by atoms with E-state index in [2.05, 4.69) is 39.5 Å². The number of rotatable bonds is 58. The smallest absolute Gasteiger partial charge is 0.330 e. The molecule has 0 spiro atoms. The quantitative estimate of drug-likeness (QED) is 0.0362. The van der Waals surface area contributed by atoms with Crippen molar-refractivity contribution in [1.29, 1.82) is 0 Å². The van der Waals surface area contributed by atoms with Gasteiger partial charge in [0.15, 0.2) is 0 Å². The molecule has 0 heterocycles. The average molecular weight is 1110 g/mol. The molecular formula is C52H82O25. The fraction of sp³-hybridized carbons (Fsp3) is 0.654. The van der Waals surface area contributed by atoms with Crippen LogP contribution in [0.4, 0.5) is 0 Å². The molecule has 0 amide bonds. The topological polar surface area (TPSA) is 278 Å². The third kappa shape index (κ3) is 44.4. The Kier molecular flexibility index (Phi) is 48.0. The van der Waals surface area contributed by atoms with Gasteiger partial charge in [0.05, 0.1) is 183 Å². The van der Waals surface area contributed by atoms with E-state index in [1.807, 2.05) is 0 Å². The van der Waals surface area contributed by atoms with E-state index < -0.39 is 46.6 Å². The maximum atomic E-state index is 11.4. The molecule has 0 aliphatic heterocycles. The van der Waals surface area contributed by atoms with Crippen LogP contribution in [0.3, 0.4) is 0 Å². The summed E-state index contributed by atoms with van der Waals surface area (Å²) < 4.78 is 107. The van der Waals surface area contributed by atoms with Gasteiger partial charge in [-0.25, -0.2) is 28.8 Å². The lowest BCUT2D eigenvalue weighted by molar-refractivity contribution is -0.151. The molecular weight excluding hydrogens is 1020 g/mol. The van der Waals surface area contributed by atoms with Crippen LogP contribution < -0.4 is 0 Å². The van der Waals surface area contributed by atoms with Crippen molar-refractivity contribution in [2.24, 2.45) is 10.8 Å². The van der Waals surface area contributed by atoms with Crippen LogP contribution in [0.25, 0.3) is 0 Å². The van der Waals surface area contributed by atoms with Crippen molar-refractivity contribution in [1.82, 2.24) is 0 Å². The normalized spacial score (nSPS) is 11.2. The third-order valence-corrected chi connectivity index (χ3v) is 9.33. The van der Waals surface area contributed by atoms with Crippen LogP contribution in [-0.2, 0) is 119 Å². The molecule has 0 saturated carbocycles. The van der Waals surface area contributed by atoms with E-state index in [1.54, 1.807) is 0 Å². The summed E-state index contributed by atoms with van der Waals surface area (Å²) in [6.07, 6.45) is 6.31. The molecule has 0 radical (unpaired) electrons. The minimum Gasteiger partial charge on any atom is -0.460 e. The lowest BCUT2D eigenvalue weighted by Crippen LogP contribution is -2.46. The Morgan fingerprint density at radius 3 is 0.494 bits per heavy atom. The minimum atomic E-state index is -1.01. The summed E-state index contributed by atoms with van der Waals surface area (Å²) in [6.45, 7) is 22.6. The zero-order chi connectivity index (χ0) is 56.8. The fourth-order valence-corrected chi connectivity index (χ4v) is 5.60. The highest BCUT2D eigenvalue weighted by Crippen LogP contribution is 2.26. The number of carbonyl (C=O) groups excluding carboxylic acids is 6. The molecule has 0 aromatic heterocycles. The highest BCUT2D eigenvalue weighted by molar-refractivity contribution is 5.82. The first-order valence-corrected chi connectivity index (χ1v) is 24.7. The lowest BCUT2D eigenvalue weighted by atomic mass is 9.90. The van der Waals surface area contributed by atoms with Gasteiger partial charge in [-0.1, -0.05) is 39.5 Å². The van der Waals surface area contributed by atoms with Crippen molar-refractivity contribution < 1.29 is 119 Å². The molecule has 0 aromatic carbocycles. The van der Waals surface area contributed by atoms with Gasteiger partial charge in [-0.2, -0.15) is 0 Å². The summed E-state index contributed by atoms with van der Waals surface area (Å²) in [5.74, 6) is -3.47. The summed E-state index contributed by atoms with van der Waals surface area (Å²) >= 11 is 0. The van der Waals surface area contributed by atoms with Gasteiger partial charge in [0.25, 0.3) is 0 Å². The zero-order valence-corrected chi connectivity index (χ0v) is 44.5. The molecule has 0 atom stereocenters. The highest BCUT2D eigenvalue weighted by atomic mass is 16.6. The van der Waals surface area contributed by atoms with E-state index >= 15 is 0 Å². The van der Waals surface area contributed by atoms with Crippen molar-refractivity contribution in [2.75, 3.05) is 211 Å². The second-order valence-corrected chi connectivity index (χ2v) is 15.7. The molecule has 0 fully saturated rings. The predicted octanol–water partition coefficient (Wildman–Crippen LogP) is 1.55. The van der Waals surface area contributed by atoms with Gasteiger partial charge in [0.2, 0.25) is 0 Å². The molecule has 0 N–H and O–H groups in total. The summed E-state index contributed by atoms with van der Waals surface area (Å²) in [5, 5.41) is 0. The Hall–Kier alpha value is -5.26. The van der Waals surface area contributed by atoms with Gasteiger partial charge < -0.3 is 90.0 Å². The van der Waals surface area contributed by atoms with Crippen LogP contribution in [0.1, 0.15) is 0 Å². The van der Waals surface area contributed by atoms with Crippen molar-refractivity contribution in [3.8, 4) is 0 Å². The van der Waals surface area contributed by atoms with E-state index in [4.69, 9.17) is 90.0 Å². The molecule has 0 saturated heterocycles.